The van der Waals surface area contributed by atoms with Gasteiger partial charge in [-0.2, -0.15) is 0 Å². The quantitative estimate of drug-likeness (QED) is 0.0500. The fraction of sp³-hybridized carbons (Fsp3) is 0.222. The molecule has 8 heteroatoms. The van der Waals surface area contributed by atoms with E-state index in [2.05, 4.69) is 142 Å². The van der Waals surface area contributed by atoms with Crippen LogP contribution in [0.4, 0.5) is 0 Å². The Morgan fingerprint density at radius 1 is 0.355 bits per heavy atom. The van der Waals surface area contributed by atoms with E-state index in [1.54, 1.807) is 0 Å². The van der Waals surface area contributed by atoms with Crippen LogP contribution in [0.15, 0.2) is 182 Å². The van der Waals surface area contributed by atoms with Gasteiger partial charge in [0.25, 0.3) is 0 Å². The molecule has 0 bridgehead atoms. The summed E-state index contributed by atoms with van der Waals surface area (Å²) in [5.74, 6) is 1.87. The third-order valence-electron chi connectivity index (χ3n) is 11.0. The zero-order valence-electron chi connectivity index (χ0n) is 35.3. The van der Waals surface area contributed by atoms with Crippen LogP contribution in [0.1, 0.15) is 73.6 Å². The molecule has 0 aliphatic carbocycles. The summed E-state index contributed by atoms with van der Waals surface area (Å²) in [5, 5.41) is 18.0. The summed E-state index contributed by atoms with van der Waals surface area (Å²) in [6.07, 6.45) is 12.8. The van der Waals surface area contributed by atoms with Crippen LogP contribution in [-0.2, 0) is 13.1 Å². The summed E-state index contributed by atoms with van der Waals surface area (Å²) in [6, 6.07) is 58.9. The van der Waals surface area contributed by atoms with Crippen LogP contribution >= 0.6 is 0 Å². The minimum atomic E-state index is 0.744. The molecule has 0 spiro atoms. The number of aromatic nitrogens is 6. The molecule has 0 saturated carbocycles. The molecule has 0 unspecified atom stereocenters. The van der Waals surface area contributed by atoms with Crippen molar-refractivity contribution in [1.82, 2.24) is 30.0 Å². The van der Waals surface area contributed by atoms with Crippen LogP contribution in [0, 0.1) is 0 Å². The van der Waals surface area contributed by atoms with Gasteiger partial charge in [0.1, 0.15) is 22.9 Å². The molecular formula is C54H54N6O2. The Balaban J connectivity index is 0.930. The Morgan fingerprint density at radius 3 is 1.08 bits per heavy atom. The molecule has 2 aromatic heterocycles. The van der Waals surface area contributed by atoms with Crippen molar-refractivity contribution in [3.8, 4) is 34.0 Å². The van der Waals surface area contributed by atoms with E-state index in [9.17, 15) is 0 Å². The molecule has 8 nitrogen and oxygen atoms in total. The molecule has 0 aliphatic heterocycles. The first kappa shape index (κ1) is 41.7. The number of para-hydroxylation sites is 2. The second-order valence-corrected chi connectivity index (χ2v) is 15.5. The monoisotopic (exact) mass is 818 g/mol. The third kappa shape index (κ3) is 11.6. The lowest BCUT2D eigenvalue weighted by atomic mass is 9.85. The summed E-state index contributed by atoms with van der Waals surface area (Å²) in [4.78, 5) is 0. The van der Waals surface area contributed by atoms with Crippen LogP contribution in [0.25, 0.3) is 33.7 Å². The van der Waals surface area contributed by atoms with E-state index in [-0.39, 0.29) is 0 Å². The first-order chi connectivity index (χ1) is 30.8. The zero-order chi connectivity index (χ0) is 42.0. The lowest BCUT2D eigenvalue weighted by molar-refractivity contribution is 0.303. The van der Waals surface area contributed by atoms with Gasteiger partial charge in [-0.1, -0.05) is 169 Å². The lowest BCUT2D eigenvalue weighted by Gasteiger charge is -2.18. The maximum absolute atomic E-state index is 5.84. The molecule has 312 valence electrons. The molecule has 6 aromatic carbocycles. The predicted octanol–water partition coefficient (Wildman–Crippen LogP) is 12.5. The maximum Gasteiger partial charge on any atom is 0.119 e. The van der Waals surface area contributed by atoms with E-state index >= 15 is 0 Å². The van der Waals surface area contributed by atoms with Gasteiger partial charge in [-0.3, -0.25) is 9.36 Å². The highest BCUT2D eigenvalue weighted by Crippen LogP contribution is 2.38. The first-order valence-electron chi connectivity index (χ1n) is 22.0. The number of unbranched alkanes of at least 4 members (excludes halogenated alkanes) is 6. The highest BCUT2D eigenvalue weighted by atomic mass is 16.5. The van der Waals surface area contributed by atoms with Gasteiger partial charge in [-0.05, 0) is 96.2 Å². The predicted molar refractivity (Wildman–Crippen MR) is 250 cm³/mol. The summed E-state index contributed by atoms with van der Waals surface area (Å²) in [5.41, 5.74) is 10.7. The van der Waals surface area contributed by atoms with Gasteiger partial charge in [-0.25, -0.2) is 0 Å². The van der Waals surface area contributed by atoms with Crippen LogP contribution in [0.3, 0.4) is 0 Å². The maximum atomic E-state index is 5.84. The molecule has 0 amide bonds. The number of aryl methyl sites for hydroxylation is 2. The van der Waals surface area contributed by atoms with Crippen molar-refractivity contribution >= 4 is 11.1 Å². The molecule has 0 saturated heterocycles. The second-order valence-electron chi connectivity index (χ2n) is 15.5. The van der Waals surface area contributed by atoms with E-state index in [1.807, 2.05) is 70.0 Å². The van der Waals surface area contributed by atoms with E-state index in [0.29, 0.717) is 0 Å². The standard InChI is InChI=1S/C54H54N6O2/c1(3-19-39-61-49-25-13-7-14-26-49)17-37-59-41-51(55-57-59)43-29-33-47(34-30-43)53(45-21-9-5-10-22-45)54(46-23-11-6-12-24-46)48-35-31-44(32-36-48)52-42-60(58-56-52)38-18-2-4-20-40-62-50-27-15-8-16-28-50/h5-16,21-36,41-42H,1-4,17-20,37-40H2/b54-53-. The van der Waals surface area contributed by atoms with Crippen molar-refractivity contribution in [2.45, 2.75) is 64.5 Å². The Labute approximate surface area is 365 Å². The van der Waals surface area contributed by atoms with Crippen LogP contribution < -0.4 is 9.47 Å². The Morgan fingerprint density at radius 2 is 0.694 bits per heavy atom. The van der Waals surface area contributed by atoms with Gasteiger partial charge in [0.2, 0.25) is 0 Å². The topological polar surface area (TPSA) is 79.9 Å². The van der Waals surface area contributed by atoms with Crippen molar-refractivity contribution in [1.29, 1.82) is 0 Å². The van der Waals surface area contributed by atoms with Gasteiger partial charge in [0, 0.05) is 24.2 Å². The van der Waals surface area contributed by atoms with Crippen molar-refractivity contribution in [3.63, 3.8) is 0 Å². The molecule has 0 radical (unpaired) electrons. The molecule has 2 heterocycles. The highest BCUT2D eigenvalue weighted by molar-refractivity contribution is 6.04. The fourth-order valence-corrected chi connectivity index (χ4v) is 7.69. The van der Waals surface area contributed by atoms with E-state index in [0.717, 1.165) is 145 Å². The Hall–Kier alpha value is -7.06. The number of hydrogen-bond acceptors (Lipinski definition) is 6. The van der Waals surface area contributed by atoms with Gasteiger partial charge in [-0.15, -0.1) is 10.2 Å². The molecule has 0 fully saturated rings. The van der Waals surface area contributed by atoms with Crippen LogP contribution in [0.2, 0.25) is 0 Å². The number of nitrogens with zero attached hydrogens (tertiary/aromatic N) is 6. The minimum absolute atomic E-state index is 0.744. The van der Waals surface area contributed by atoms with Crippen molar-refractivity contribution in [2.24, 2.45) is 0 Å². The number of rotatable bonds is 22. The van der Waals surface area contributed by atoms with E-state index in [4.69, 9.17) is 9.47 Å². The molecule has 8 aromatic rings. The van der Waals surface area contributed by atoms with Crippen molar-refractivity contribution in [3.05, 3.63) is 205 Å². The summed E-state index contributed by atoms with van der Waals surface area (Å²) in [7, 11) is 0. The average molecular weight is 819 g/mol. The first-order valence-corrected chi connectivity index (χ1v) is 22.0. The van der Waals surface area contributed by atoms with E-state index in [1.165, 1.54) is 0 Å². The van der Waals surface area contributed by atoms with Crippen LogP contribution in [-0.4, -0.2) is 43.2 Å². The molecule has 0 aliphatic rings. The molecule has 62 heavy (non-hydrogen) atoms. The highest BCUT2D eigenvalue weighted by Gasteiger charge is 2.17. The number of ether oxygens (including phenoxy) is 2. The molecule has 0 atom stereocenters. The Kier molecular flexibility index (Phi) is 14.8. The third-order valence-corrected chi connectivity index (χ3v) is 11.0. The van der Waals surface area contributed by atoms with Gasteiger partial charge >= 0.3 is 0 Å². The minimum Gasteiger partial charge on any atom is -0.494 e. The zero-order valence-corrected chi connectivity index (χ0v) is 35.3. The van der Waals surface area contributed by atoms with Gasteiger partial charge in [0.05, 0.1) is 25.6 Å². The largest absolute Gasteiger partial charge is 0.494 e. The van der Waals surface area contributed by atoms with Crippen molar-refractivity contribution in [2.75, 3.05) is 13.2 Å². The average Bonchev–Trinajstić information content (AvgIpc) is 4.02. The van der Waals surface area contributed by atoms with Gasteiger partial charge in [0.15, 0.2) is 0 Å². The lowest BCUT2D eigenvalue weighted by Crippen LogP contribution is -2.00. The van der Waals surface area contributed by atoms with Crippen molar-refractivity contribution < 1.29 is 9.47 Å². The smallest absolute Gasteiger partial charge is 0.119 e. The SMILES string of the molecule is c1ccc(OCCCCCCn2cc(-c3ccc(/C(=C(/c4ccccc4)c4ccc(-c5cn(CCCCCCOc6ccccc6)nn5)cc4)c4ccccc4)cc3)nn2)cc1. The number of hydrogen-bond donors (Lipinski definition) is 0. The normalized spacial score (nSPS) is 11.6. The molecule has 0 N–H and O–H groups in total. The molecular weight excluding hydrogens is 765 g/mol. The van der Waals surface area contributed by atoms with Gasteiger partial charge < -0.3 is 9.47 Å². The summed E-state index contributed by atoms with van der Waals surface area (Å²) < 4.78 is 15.6. The summed E-state index contributed by atoms with van der Waals surface area (Å²) >= 11 is 0. The fourth-order valence-electron chi connectivity index (χ4n) is 7.69. The number of benzene rings is 6. The Bertz CT molecular complexity index is 2370. The molecule has 8 rings (SSSR count). The second kappa shape index (κ2) is 22.0. The van der Waals surface area contributed by atoms with E-state index < -0.39 is 0 Å². The summed E-state index contributed by atoms with van der Waals surface area (Å²) in [6.45, 7) is 3.17. The van der Waals surface area contributed by atoms with Crippen LogP contribution in [0.5, 0.6) is 11.5 Å².